The second kappa shape index (κ2) is 5.93. The van der Waals surface area contributed by atoms with Crippen molar-refractivity contribution in [3.63, 3.8) is 0 Å². The Morgan fingerprint density at radius 1 is 1.29 bits per heavy atom. The summed E-state index contributed by atoms with van der Waals surface area (Å²) in [7, 11) is 0. The lowest BCUT2D eigenvalue weighted by Gasteiger charge is -2.33. The van der Waals surface area contributed by atoms with Gasteiger partial charge >= 0.3 is 0 Å². The number of hydrogen-bond donors (Lipinski definition) is 2. The molecule has 0 aromatic heterocycles. The smallest absolute Gasteiger partial charge is 0.253 e. The standard InChI is InChI=1S/C16H24N4O/c1-2-18-16(21)14-11-13(3-4-15(14)17)20-10-9-19-7-5-12(20)6-8-19/h3-4,11-12H,2,5-10,17H2,1H3,(H,18,21). The normalized spacial score (nSPS) is 24.7. The van der Waals surface area contributed by atoms with Gasteiger partial charge in [-0.1, -0.05) is 0 Å². The van der Waals surface area contributed by atoms with E-state index in [2.05, 4.69) is 15.1 Å². The molecule has 3 aliphatic heterocycles. The maximum atomic E-state index is 12.1. The lowest BCUT2D eigenvalue weighted by atomic mass is 10.0. The largest absolute Gasteiger partial charge is 0.398 e. The van der Waals surface area contributed by atoms with Crippen molar-refractivity contribution in [3.05, 3.63) is 23.8 Å². The highest BCUT2D eigenvalue weighted by Crippen LogP contribution is 2.29. The van der Waals surface area contributed by atoms with Crippen LogP contribution >= 0.6 is 0 Å². The van der Waals surface area contributed by atoms with Crippen molar-refractivity contribution in [2.75, 3.05) is 43.4 Å². The molecule has 0 atom stereocenters. The third-order valence-electron chi connectivity index (χ3n) is 4.61. The van der Waals surface area contributed by atoms with Gasteiger partial charge in [0.05, 0.1) is 5.56 Å². The van der Waals surface area contributed by atoms with Gasteiger partial charge in [-0.2, -0.15) is 0 Å². The predicted molar refractivity (Wildman–Crippen MR) is 85.7 cm³/mol. The Hall–Kier alpha value is -1.75. The first-order valence-corrected chi connectivity index (χ1v) is 7.85. The summed E-state index contributed by atoms with van der Waals surface area (Å²) in [6.07, 6.45) is 2.42. The fourth-order valence-electron chi connectivity index (χ4n) is 3.40. The molecule has 3 fully saturated rings. The van der Waals surface area contributed by atoms with Crippen LogP contribution in [0.5, 0.6) is 0 Å². The summed E-state index contributed by atoms with van der Waals surface area (Å²) in [5, 5.41) is 2.83. The summed E-state index contributed by atoms with van der Waals surface area (Å²) in [5.41, 5.74) is 8.23. The number of nitrogens with two attached hydrogens (primary N) is 1. The molecule has 5 heteroatoms. The fourth-order valence-corrected chi connectivity index (χ4v) is 3.40. The third-order valence-corrected chi connectivity index (χ3v) is 4.61. The number of rotatable bonds is 3. The summed E-state index contributed by atoms with van der Waals surface area (Å²) in [6, 6.07) is 6.45. The Kier molecular flexibility index (Phi) is 4.01. The number of nitrogens with zero attached hydrogens (tertiary/aromatic N) is 2. The number of benzene rings is 1. The molecule has 1 aromatic carbocycles. The highest BCUT2D eigenvalue weighted by Gasteiger charge is 2.29. The first kappa shape index (κ1) is 14.2. The molecule has 5 nitrogen and oxygen atoms in total. The molecule has 1 aromatic rings. The Bertz CT molecular complexity index is 523. The van der Waals surface area contributed by atoms with E-state index in [1.807, 2.05) is 25.1 Å². The minimum atomic E-state index is -0.0836. The number of nitrogen functional groups attached to an aromatic ring is 1. The number of anilines is 2. The number of carbonyl (C=O) groups is 1. The van der Waals surface area contributed by atoms with E-state index in [0.717, 1.165) is 18.8 Å². The van der Waals surface area contributed by atoms with Gasteiger partial charge < -0.3 is 20.9 Å². The summed E-state index contributed by atoms with van der Waals surface area (Å²) in [5.74, 6) is -0.0836. The predicted octanol–water partition coefficient (Wildman–Crippen LogP) is 1.30. The van der Waals surface area contributed by atoms with Gasteiger partial charge in [0.2, 0.25) is 0 Å². The van der Waals surface area contributed by atoms with Crippen molar-refractivity contribution in [1.29, 1.82) is 0 Å². The Morgan fingerprint density at radius 2 is 2.05 bits per heavy atom. The van der Waals surface area contributed by atoms with Crippen molar-refractivity contribution in [3.8, 4) is 0 Å². The summed E-state index contributed by atoms with van der Waals surface area (Å²) >= 11 is 0. The molecule has 114 valence electrons. The van der Waals surface area contributed by atoms with E-state index in [1.165, 1.54) is 25.9 Å². The van der Waals surface area contributed by atoms with Crippen LogP contribution in [0.15, 0.2) is 18.2 Å². The number of nitrogens with one attached hydrogen (secondary N) is 1. The monoisotopic (exact) mass is 288 g/mol. The first-order chi connectivity index (χ1) is 10.2. The van der Waals surface area contributed by atoms with Gasteiger partial charge in [0.25, 0.3) is 5.91 Å². The van der Waals surface area contributed by atoms with E-state index in [1.54, 1.807) is 0 Å². The zero-order chi connectivity index (χ0) is 14.8. The lowest BCUT2D eigenvalue weighted by Crippen LogP contribution is -2.38. The number of hydrogen-bond acceptors (Lipinski definition) is 4. The van der Waals surface area contributed by atoms with E-state index in [-0.39, 0.29) is 5.91 Å². The molecule has 2 bridgehead atoms. The quantitative estimate of drug-likeness (QED) is 0.823. The van der Waals surface area contributed by atoms with Gasteiger partial charge in [-0.25, -0.2) is 0 Å². The van der Waals surface area contributed by atoms with Gasteiger partial charge in [0, 0.05) is 50.1 Å². The van der Waals surface area contributed by atoms with Gasteiger partial charge in [-0.15, -0.1) is 0 Å². The molecule has 3 aliphatic rings. The van der Waals surface area contributed by atoms with E-state index in [4.69, 9.17) is 5.73 Å². The SMILES string of the molecule is CCNC(=O)c1cc(N2CCN3CCC2CC3)ccc1N. The van der Waals surface area contributed by atoms with Crippen LogP contribution < -0.4 is 16.0 Å². The van der Waals surface area contributed by atoms with Gasteiger partial charge in [-0.05, 0) is 38.0 Å². The summed E-state index contributed by atoms with van der Waals surface area (Å²) in [6.45, 7) is 7.06. The second-order valence-corrected chi connectivity index (χ2v) is 5.90. The molecule has 21 heavy (non-hydrogen) atoms. The van der Waals surface area contributed by atoms with Crippen molar-refractivity contribution in [2.24, 2.45) is 0 Å². The molecule has 0 aliphatic carbocycles. The van der Waals surface area contributed by atoms with Crippen molar-refractivity contribution in [1.82, 2.24) is 10.2 Å². The Morgan fingerprint density at radius 3 is 2.76 bits per heavy atom. The van der Waals surface area contributed by atoms with Crippen molar-refractivity contribution >= 4 is 17.3 Å². The minimum absolute atomic E-state index is 0.0836. The van der Waals surface area contributed by atoms with Crippen LogP contribution in [0, 0.1) is 0 Å². The summed E-state index contributed by atoms with van der Waals surface area (Å²) in [4.78, 5) is 17.1. The molecule has 4 rings (SSSR count). The van der Waals surface area contributed by atoms with Gasteiger partial charge in [0.1, 0.15) is 0 Å². The van der Waals surface area contributed by atoms with Crippen LogP contribution in [-0.4, -0.2) is 49.6 Å². The first-order valence-electron chi connectivity index (χ1n) is 7.85. The van der Waals surface area contributed by atoms with E-state index >= 15 is 0 Å². The Labute approximate surface area is 126 Å². The Balaban J connectivity index is 1.88. The van der Waals surface area contributed by atoms with Crippen LogP contribution in [0.3, 0.4) is 0 Å². The molecule has 3 N–H and O–H groups in total. The molecule has 3 heterocycles. The highest BCUT2D eigenvalue weighted by molar-refractivity contribution is 6.00. The van der Waals surface area contributed by atoms with E-state index in [9.17, 15) is 4.79 Å². The zero-order valence-electron chi connectivity index (χ0n) is 12.6. The molecule has 0 spiro atoms. The van der Waals surface area contributed by atoms with Crippen LogP contribution in [0.25, 0.3) is 0 Å². The topological polar surface area (TPSA) is 61.6 Å². The van der Waals surface area contributed by atoms with Crippen molar-refractivity contribution in [2.45, 2.75) is 25.8 Å². The molecular weight excluding hydrogens is 264 g/mol. The minimum Gasteiger partial charge on any atom is -0.398 e. The number of amides is 1. The second-order valence-electron chi connectivity index (χ2n) is 5.90. The maximum absolute atomic E-state index is 12.1. The van der Waals surface area contributed by atoms with Gasteiger partial charge in [0.15, 0.2) is 0 Å². The van der Waals surface area contributed by atoms with E-state index < -0.39 is 0 Å². The summed E-state index contributed by atoms with van der Waals surface area (Å²) < 4.78 is 0. The molecule has 0 unspecified atom stereocenters. The zero-order valence-corrected chi connectivity index (χ0v) is 12.6. The third kappa shape index (κ3) is 2.83. The van der Waals surface area contributed by atoms with Crippen molar-refractivity contribution < 1.29 is 4.79 Å². The molecule has 0 radical (unpaired) electrons. The maximum Gasteiger partial charge on any atom is 0.253 e. The fraction of sp³-hybridized carbons (Fsp3) is 0.562. The van der Waals surface area contributed by atoms with Crippen LogP contribution in [0.1, 0.15) is 30.1 Å². The highest BCUT2D eigenvalue weighted by atomic mass is 16.1. The average Bonchev–Trinajstić information content (AvgIpc) is 2.82. The number of fused-ring (bicyclic) bond motifs is 4. The van der Waals surface area contributed by atoms with E-state index in [0.29, 0.717) is 23.8 Å². The van der Waals surface area contributed by atoms with Crippen LogP contribution in [-0.2, 0) is 0 Å². The molecule has 1 amide bonds. The van der Waals surface area contributed by atoms with Gasteiger partial charge in [-0.3, -0.25) is 4.79 Å². The van der Waals surface area contributed by atoms with Crippen LogP contribution in [0.2, 0.25) is 0 Å². The van der Waals surface area contributed by atoms with Crippen LogP contribution in [0.4, 0.5) is 11.4 Å². The lowest BCUT2D eigenvalue weighted by molar-refractivity contribution is 0.0956. The number of carbonyl (C=O) groups excluding carboxylic acids is 1. The molecule has 3 saturated heterocycles. The molecule has 0 saturated carbocycles. The number of piperidine rings is 1. The average molecular weight is 288 g/mol. The molecular formula is C16H24N4O.